The molecule has 0 spiro atoms. The molecular formula is C21H22N2O3. The standard InChI is InChI=1S/C21H22N2O3/c1-2-7-19(25)23-16-10-4-3-8-14(16)22-15-9-5-11-17(24)20(15)21(23)18-12-6-13-26-18/h3-4,6,8,10,12-13,21-22H,2,5,7,9,11H2,1H3/t21-/m1/s1. The Morgan fingerprint density at radius 1 is 1.23 bits per heavy atom. The number of ketones is 1. The van der Waals surface area contributed by atoms with Crippen molar-refractivity contribution < 1.29 is 14.0 Å². The Hall–Kier alpha value is -2.82. The van der Waals surface area contributed by atoms with E-state index in [9.17, 15) is 9.59 Å². The zero-order valence-electron chi connectivity index (χ0n) is 14.8. The van der Waals surface area contributed by atoms with E-state index in [4.69, 9.17) is 4.42 Å². The Labute approximate surface area is 152 Å². The van der Waals surface area contributed by atoms with Crippen LogP contribution in [0.1, 0.15) is 50.8 Å². The molecule has 0 saturated carbocycles. The largest absolute Gasteiger partial charge is 0.467 e. The van der Waals surface area contributed by atoms with Gasteiger partial charge in [0.2, 0.25) is 5.91 Å². The number of allylic oxidation sites excluding steroid dienone is 1. The second kappa shape index (κ2) is 6.83. The monoisotopic (exact) mass is 350 g/mol. The number of Topliss-reactive ketones (excluding diaryl/α,β-unsaturated/α-hetero) is 1. The number of hydrogen-bond donors (Lipinski definition) is 1. The highest BCUT2D eigenvalue weighted by Gasteiger charge is 2.40. The van der Waals surface area contributed by atoms with Crippen LogP contribution in [-0.4, -0.2) is 11.7 Å². The fourth-order valence-corrected chi connectivity index (χ4v) is 3.86. The van der Waals surface area contributed by atoms with E-state index in [-0.39, 0.29) is 11.7 Å². The van der Waals surface area contributed by atoms with Gasteiger partial charge in [-0.25, -0.2) is 0 Å². The Kier molecular flexibility index (Phi) is 4.37. The van der Waals surface area contributed by atoms with Gasteiger partial charge in [-0.05, 0) is 43.5 Å². The van der Waals surface area contributed by atoms with Gasteiger partial charge in [-0.15, -0.1) is 0 Å². The zero-order chi connectivity index (χ0) is 18.1. The second-order valence-corrected chi connectivity index (χ2v) is 6.74. The molecule has 26 heavy (non-hydrogen) atoms. The maximum absolute atomic E-state index is 13.1. The first-order valence-corrected chi connectivity index (χ1v) is 9.18. The smallest absolute Gasteiger partial charge is 0.228 e. The van der Waals surface area contributed by atoms with Crippen LogP contribution in [0.15, 0.2) is 58.3 Å². The number of hydrogen-bond acceptors (Lipinski definition) is 4. The fraction of sp³-hybridized carbons (Fsp3) is 0.333. The van der Waals surface area contributed by atoms with Crippen molar-refractivity contribution in [3.05, 3.63) is 59.7 Å². The Morgan fingerprint density at radius 2 is 2.08 bits per heavy atom. The molecule has 0 fully saturated rings. The lowest BCUT2D eigenvalue weighted by atomic mass is 9.88. The SMILES string of the molecule is CCCC(=O)N1c2ccccc2NC2=C(C(=O)CCC2)[C@H]1c1ccco1. The van der Waals surface area contributed by atoms with E-state index < -0.39 is 6.04 Å². The van der Waals surface area contributed by atoms with Gasteiger partial charge in [0, 0.05) is 24.1 Å². The number of benzene rings is 1. The number of anilines is 2. The van der Waals surface area contributed by atoms with Crippen LogP contribution in [0, 0.1) is 0 Å². The fourth-order valence-electron chi connectivity index (χ4n) is 3.86. The van der Waals surface area contributed by atoms with Crippen LogP contribution in [-0.2, 0) is 9.59 Å². The lowest BCUT2D eigenvalue weighted by Gasteiger charge is -2.32. The third-order valence-corrected chi connectivity index (χ3v) is 4.98. The molecule has 1 aromatic heterocycles. The van der Waals surface area contributed by atoms with Gasteiger partial charge in [-0.3, -0.25) is 14.5 Å². The first kappa shape index (κ1) is 16.6. The summed E-state index contributed by atoms with van der Waals surface area (Å²) in [5.41, 5.74) is 3.21. The minimum atomic E-state index is -0.525. The summed E-state index contributed by atoms with van der Waals surface area (Å²) in [6.45, 7) is 1.98. The molecule has 0 unspecified atom stereocenters. The molecule has 134 valence electrons. The summed E-state index contributed by atoms with van der Waals surface area (Å²) in [6.07, 6.45) is 4.88. The minimum absolute atomic E-state index is 0.00438. The molecule has 0 radical (unpaired) electrons. The van der Waals surface area contributed by atoms with Crippen LogP contribution in [0.3, 0.4) is 0 Å². The van der Waals surface area contributed by atoms with Gasteiger partial charge in [0.15, 0.2) is 5.78 Å². The lowest BCUT2D eigenvalue weighted by Crippen LogP contribution is -2.37. The molecule has 5 heteroatoms. The van der Waals surface area contributed by atoms with Crippen molar-refractivity contribution in [1.29, 1.82) is 0 Å². The van der Waals surface area contributed by atoms with Crippen molar-refractivity contribution in [2.24, 2.45) is 0 Å². The van der Waals surface area contributed by atoms with Crippen LogP contribution >= 0.6 is 0 Å². The number of carbonyl (C=O) groups excluding carboxylic acids is 2. The highest BCUT2D eigenvalue weighted by Crippen LogP contribution is 2.45. The van der Waals surface area contributed by atoms with E-state index in [0.29, 0.717) is 24.2 Å². The predicted octanol–water partition coefficient (Wildman–Crippen LogP) is 4.59. The number of nitrogens with one attached hydrogen (secondary N) is 1. The lowest BCUT2D eigenvalue weighted by molar-refractivity contribution is -0.119. The van der Waals surface area contributed by atoms with Crippen molar-refractivity contribution >= 4 is 23.1 Å². The molecule has 1 aromatic carbocycles. The number of para-hydroxylation sites is 2. The topological polar surface area (TPSA) is 62.6 Å². The maximum atomic E-state index is 13.1. The number of rotatable bonds is 3. The number of carbonyl (C=O) groups is 2. The Bertz CT molecular complexity index is 867. The highest BCUT2D eigenvalue weighted by atomic mass is 16.3. The molecule has 0 saturated heterocycles. The number of fused-ring (bicyclic) bond motifs is 1. The van der Waals surface area contributed by atoms with Gasteiger partial charge in [0.1, 0.15) is 11.8 Å². The summed E-state index contributed by atoms with van der Waals surface area (Å²) >= 11 is 0. The third kappa shape index (κ3) is 2.73. The van der Waals surface area contributed by atoms with Gasteiger partial charge in [0.05, 0.1) is 17.6 Å². The molecule has 5 nitrogen and oxygen atoms in total. The van der Waals surface area contributed by atoms with Crippen LogP contribution in [0.25, 0.3) is 0 Å². The average Bonchev–Trinajstić information content (AvgIpc) is 3.11. The highest BCUT2D eigenvalue weighted by molar-refractivity contribution is 6.05. The van der Waals surface area contributed by atoms with Crippen LogP contribution < -0.4 is 10.2 Å². The first-order chi connectivity index (χ1) is 12.7. The molecule has 4 rings (SSSR count). The summed E-state index contributed by atoms with van der Waals surface area (Å²) in [5.74, 6) is 0.702. The molecule has 1 aliphatic carbocycles. The van der Waals surface area contributed by atoms with E-state index in [1.807, 2.05) is 37.3 Å². The van der Waals surface area contributed by atoms with Gasteiger partial charge >= 0.3 is 0 Å². The van der Waals surface area contributed by atoms with Crippen molar-refractivity contribution in [3.8, 4) is 0 Å². The van der Waals surface area contributed by atoms with Crippen LogP contribution in [0.2, 0.25) is 0 Å². The molecule has 1 aliphatic heterocycles. The summed E-state index contributed by atoms with van der Waals surface area (Å²) in [7, 11) is 0. The Morgan fingerprint density at radius 3 is 2.85 bits per heavy atom. The van der Waals surface area contributed by atoms with Crippen LogP contribution in [0.4, 0.5) is 11.4 Å². The Balaban J connectivity index is 1.96. The molecular weight excluding hydrogens is 328 g/mol. The molecule has 1 amide bonds. The van der Waals surface area contributed by atoms with Gasteiger partial charge in [-0.2, -0.15) is 0 Å². The van der Waals surface area contributed by atoms with Crippen LogP contribution in [0.5, 0.6) is 0 Å². The minimum Gasteiger partial charge on any atom is -0.467 e. The van der Waals surface area contributed by atoms with E-state index >= 15 is 0 Å². The molecule has 2 aromatic rings. The molecule has 2 aliphatic rings. The number of amides is 1. The first-order valence-electron chi connectivity index (χ1n) is 9.18. The van der Waals surface area contributed by atoms with Crippen molar-refractivity contribution in [2.75, 3.05) is 10.2 Å². The molecule has 1 atom stereocenters. The quantitative estimate of drug-likeness (QED) is 0.880. The summed E-state index contributed by atoms with van der Waals surface area (Å²) in [5, 5.41) is 3.43. The van der Waals surface area contributed by atoms with E-state index in [1.165, 1.54) is 0 Å². The molecule has 0 bridgehead atoms. The summed E-state index contributed by atoms with van der Waals surface area (Å²) in [4.78, 5) is 27.8. The van der Waals surface area contributed by atoms with Gasteiger partial charge in [0.25, 0.3) is 0 Å². The zero-order valence-corrected chi connectivity index (χ0v) is 14.8. The summed E-state index contributed by atoms with van der Waals surface area (Å²) < 4.78 is 5.69. The normalized spacial score (nSPS) is 19.5. The van der Waals surface area contributed by atoms with E-state index in [0.717, 1.165) is 36.3 Å². The summed E-state index contributed by atoms with van der Waals surface area (Å²) in [6, 6.07) is 10.9. The van der Waals surface area contributed by atoms with E-state index in [2.05, 4.69) is 5.32 Å². The van der Waals surface area contributed by atoms with Gasteiger partial charge < -0.3 is 9.73 Å². The molecule has 2 heterocycles. The average molecular weight is 350 g/mol. The van der Waals surface area contributed by atoms with Crippen molar-refractivity contribution in [3.63, 3.8) is 0 Å². The number of nitrogens with zero attached hydrogens (tertiary/aromatic N) is 1. The maximum Gasteiger partial charge on any atom is 0.228 e. The number of furan rings is 1. The molecule has 1 N–H and O–H groups in total. The van der Waals surface area contributed by atoms with Crippen molar-refractivity contribution in [2.45, 2.75) is 45.1 Å². The third-order valence-electron chi connectivity index (χ3n) is 4.98. The van der Waals surface area contributed by atoms with Gasteiger partial charge in [-0.1, -0.05) is 19.1 Å². The van der Waals surface area contributed by atoms with E-state index in [1.54, 1.807) is 17.2 Å². The predicted molar refractivity (Wildman–Crippen MR) is 99.8 cm³/mol. The van der Waals surface area contributed by atoms with Crippen molar-refractivity contribution in [1.82, 2.24) is 0 Å². The second-order valence-electron chi connectivity index (χ2n) is 6.74.